The van der Waals surface area contributed by atoms with Crippen LogP contribution in [0.4, 0.5) is 17.3 Å². The molecule has 0 bridgehead atoms. The summed E-state index contributed by atoms with van der Waals surface area (Å²) in [4.78, 5) is 19.0. The number of hydrogen-bond acceptors (Lipinski definition) is 12. The number of aliphatic hydroxyl groups is 2. The van der Waals surface area contributed by atoms with E-state index in [4.69, 9.17) is 18.9 Å². The molecule has 1 aromatic heterocycles. The summed E-state index contributed by atoms with van der Waals surface area (Å²) in [5.74, 6) is -0.265. The Hall–Kier alpha value is -2.16. The van der Waals surface area contributed by atoms with Crippen LogP contribution >= 0.6 is 0 Å². The van der Waals surface area contributed by atoms with E-state index in [1.54, 1.807) is 13.8 Å². The molecule has 2 aliphatic heterocycles. The van der Waals surface area contributed by atoms with Crippen molar-refractivity contribution in [1.82, 2.24) is 9.97 Å². The second-order valence-electron chi connectivity index (χ2n) is 6.89. The Morgan fingerprint density at radius 1 is 1.00 bits per heavy atom. The first kappa shape index (κ1) is 21.5. The summed E-state index contributed by atoms with van der Waals surface area (Å²) >= 11 is 0. The van der Waals surface area contributed by atoms with Gasteiger partial charge in [-0.15, -0.1) is 0 Å². The summed E-state index contributed by atoms with van der Waals surface area (Å²) in [6, 6.07) is -1.58. The lowest BCUT2D eigenvalue weighted by atomic mass is 10.1. The fourth-order valence-electron chi connectivity index (χ4n) is 3.45. The number of rotatable bonds is 7. The van der Waals surface area contributed by atoms with Crippen LogP contribution in [0.3, 0.4) is 0 Å². The van der Waals surface area contributed by atoms with Crippen molar-refractivity contribution in [2.24, 2.45) is 0 Å². The first-order valence-electron chi connectivity index (χ1n) is 9.03. The Morgan fingerprint density at radius 2 is 1.41 bits per heavy atom. The Morgan fingerprint density at radius 3 is 1.76 bits per heavy atom. The monoisotopic (exact) mass is 415 g/mol. The molecule has 4 N–H and O–H groups in total. The smallest absolute Gasteiger partial charge is 0.353 e. The number of hydrogen-bond donors (Lipinski definition) is 4. The molecule has 1 aromatic rings. The fraction of sp³-hybridized carbons (Fsp3) is 0.750. The van der Waals surface area contributed by atoms with Crippen molar-refractivity contribution in [2.45, 2.75) is 62.9 Å². The standard InChI is InChI=1S/C16H25N5O8/c1-6-11(22)8(15(26-3)28-6)19-13-10(21(24)25)14(18-5-17-13)20-9-12(23)7(2)29-16(9)27-4/h5-9,11-12,15-16,22-23H,1-4H3,(H2,17,18,19,20). The van der Waals surface area contributed by atoms with Gasteiger partial charge in [-0.3, -0.25) is 10.1 Å². The summed E-state index contributed by atoms with van der Waals surface area (Å²) in [5, 5.41) is 38.1. The molecule has 3 heterocycles. The van der Waals surface area contributed by atoms with E-state index >= 15 is 0 Å². The molecule has 162 valence electrons. The molecule has 8 unspecified atom stereocenters. The quantitative estimate of drug-likeness (QED) is 0.331. The van der Waals surface area contributed by atoms with Crippen LogP contribution in [0.1, 0.15) is 13.8 Å². The second kappa shape index (κ2) is 8.69. The van der Waals surface area contributed by atoms with Crippen molar-refractivity contribution in [3.8, 4) is 0 Å². The minimum atomic E-state index is -0.977. The fourth-order valence-corrected chi connectivity index (χ4v) is 3.45. The average molecular weight is 415 g/mol. The van der Waals surface area contributed by atoms with Gasteiger partial charge in [0.15, 0.2) is 12.6 Å². The zero-order valence-corrected chi connectivity index (χ0v) is 16.4. The minimum absolute atomic E-state index is 0.133. The average Bonchev–Trinajstić information content (AvgIpc) is 3.12. The van der Waals surface area contributed by atoms with Gasteiger partial charge >= 0.3 is 5.69 Å². The molecule has 0 radical (unpaired) electrons. The van der Waals surface area contributed by atoms with Crippen molar-refractivity contribution in [3.63, 3.8) is 0 Å². The van der Waals surface area contributed by atoms with E-state index in [0.29, 0.717) is 0 Å². The molecular weight excluding hydrogens is 390 g/mol. The normalized spacial score (nSPS) is 36.9. The van der Waals surface area contributed by atoms with E-state index in [9.17, 15) is 20.3 Å². The minimum Gasteiger partial charge on any atom is -0.388 e. The summed E-state index contributed by atoms with van der Waals surface area (Å²) in [6.07, 6.45) is -3.55. The van der Waals surface area contributed by atoms with Crippen molar-refractivity contribution in [3.05, 3.63) is 16.4 Å². The highest BCUT2D eigenvalue weighted by molar-refractivity contribution is 5.70. The zero-order chi connectivity index (χ0) is 21.3. The maximum Gasteiger partial charge on any atom is 0.353 e. The van der Waals surface area contributed by atoms with Crippen LogP contribution in [0.25, 0.3) is 0 Å². The highest BCUT2D eigenvalue weighted by atomic mass is 16.7. The molecular formula is C16H25N5O8. The van der Waals surface area contributed by atoms with Crippen LogP contribution in [0, 0.1) is 10.1 Å². The molecule has 3 rings (SSSR count). The van der Waals surface area contributed by atoms with Crippen molar-refractivity contribution < 1.29 is 34.1 Å². The number of nitrogens with one attached hydrogen (secondary N) is 2. The third-order valence-electron chi connectivity index (χ3n) is 5.06. The van der Waals surface area contributed by atoms with Crippen LogP contribution in [-0.4, -0.2) is 88.4 Å². The molecule has 13 heteroatoms. The van der Waals surface area contributed by atoms with Crippen LogP contribution in [-0.2, 0) is 18.9 Å². The van der Waals surface area contributed by atoms with Crippen LogP contribution in [0.2, 0.25) is 0 Å². The number of aromatic nitrogens is 2. The number of aliphatic hydroxyl groups excluding tert-OH is 2. The molecule has 0 spiro atoms. The Kier molecular flexibility index (Phi) is 6.45. The summed E-state index contributed by atoms with van der Waals surface area (Å²) in [7, 11) is 2.80. The number of nitrogens with zero attached hydrogens (tertiary/aromatic N) is 3. The number of anilines is 2. The molecule has 0 aliphatic carbocycles. The highest BCUT2D eigenvalue weighted by Crippen LogP contribution is 2.34. The first-order chi connectivity index (χ1) is 13.8. The Labute approximate surface area is 166 Å². The lowest BCUT2D eigenvalue weighted by Gasteiger charge is -2.23. The molecule has 2 fully saturated rings. The second-order valence-corrected chi connectivity index (χ2v) is 6.89. The zero-order valence-electron chi connectivity index (χ0n) is 16.4. The molecule has 0 amide bonds. The van der Waals surface area contributed by atoms with Gasteiger partial charge in [0.05, 0.1) is 17.1 Å². The van der Waals surface area contributed by atoms with E-state index in [1.165, 1.54) is 14.2 Å². The molecule has 0 saturated carbocycles. The van der Waals surface area contributed by atoms with Crippen LogP contribution in [0.15, 0.2) is 6.33 Å². The summed E-state index contributed by atoms with van der Waals surface area (Å²) < 4.78 is 21.3. The van der Waals surface area contributed by atoms with E-state index in [0.717, 1.165) is 6.33 Å². The third-order valence-corrected chi connectivity index (χ3v) is 5.06. The SMILES string of the molecule is COC1OC(C)C(O)C1Nc1ncnc(NC2C(OC)OC(C)C2O)c1[N+](=O)[O-]. The molecule has 8 atom stereocenters. The highest BCUT2D eigenvalue weighted by Gasteiger charge is 2.45. The number of ether oxygens (including phenoxy) is 4. The first-order valence-corrected chi connectivity index (χ1v) is 9.03. The van der Waals surface area contributed by atoms with Crippen molar-refractivity contribution in [1.29, 1.82) is 0 Å². The summed E-state index contributed by atoms with van der Waals surface area (Å²) in [6.45, 7) is 3.32. The number of nitro groups is 1. The van der Waals surface area contributed by atoms with E-state index in [1.807, 2.05) is 0 Å². The van der Waals surface area contributed by atoms with Gasteiger partial charge in [0.1, 0.15) is 30.6 Å². The molecule has 2 saturated heterocycles. The van der Waals surface area contributed by atoms with Crippen molar-refractivity contribution in [2.75, 3.05) is 24.9 Å². The lowest BCUT2D eigenvalue weighted by molar-refractivity contribution is -0.383. The van der Waals surface area contributed by atoms with Crippen LogP contribution in [0.5, 0.6) is 0 Å². The predicted octanol–water partition coefficient (Wildman–Crippen LogP) is -0.550. The van der Waals surface area contributed by atoms with Gasteiger partial charge in [0, 0.05) is 14.2 Å². The van der Waals surface area contributed by atoms with Gasteiger partial charge in [-0.2, -0.15) is 0 Å². The van der Waals surface area contributed by atoms with Crippen LogP contribution < -0.4 is 10.6 Å². The Bertz CT molecular complexity index is 689. The maximum absolute atomic E-state index is 11.8. The van der Waals surface area contributed by atoms with Gasteiger partial charge in [-0.1, -0.05) is 0 Å². The molecule has 29 heavy (non-hydrogen) atoms. The Balaban J connectivity index is 1.90. The van der Waals surface area contributed by atoms with E-state index in [-0.39, 0.29) is 11.6 Å². The largest absolute Gasteiger partial charge is 0.388 e. The van der Waals surface area contributed by atoms with Gasteiger partial charge in [0.2, 0.25) is 11.6 Å². The van der Waals surface area contributed by atoms with Gasteiger partial charge in [-0.25, -0.2) is 9.97 Å². The van der Waals surface area contributed by atoms with Gasteiger partial charge in [-0.05, 0) is 13.8 Å². The van der Waals surface area contributed by atoms with E-state index in [2.05, 4.69) is 20.6 Å². The van der Waals surface area contributed by atoms with Crippen molar-refractivity contribution >= 4 is 17.3 Å². The topological polar surface area (TPSA) is 170 Å². The predicted molar refractivity (Wildman–Crippen MR) is 98.2 cm³/mol. The van der Waals surface area contributed by atoms with Gasteiger partial charge in [0.25, 0.3) is 0 Å². The molecule has 2 aliphatic rings. The summed E-state index contributed by atoms with van der Waals surface area (Å²) in [5.41, 5.74) is -0.462. The maximum atomic E-state index is 11.8. The molecule has 0 aromatic carbocycles. The lowest BCUT2D eigenvalue weighted by Crippen LogP contribution is -2.41. The third kappa shape index (κ3) is 4.10. The van der Waals surface area contributed by atoms with Gasteiger partial charge < -0.3 is 39.8 Å². The molecule has 13 nitrogen and oxygen atoms in total. The van der Waals surface area contributed by atoms with E-state index < -0.39 is 59.7 Å². The number of methoxy groups -OCH3 is 2.